The summed E-state index contributed by atoms with van der Waals surface area (Å²) in [6.07, 6.45) is 1.84. The van der Waals surface area contributed by atoms with Crippen molar-refractivity contribution in [1.82, 2.24) is 14.9 Å². The first-order valence-corrected chi connectivity index (χ1v) is 10.5. The average Bonchev–Trinajstić information content (AvgIpc) is 2.79. The lowest BCUT2D eigenvalue weighted by Crippen LogP contribution is -2.26. The Kier molecular flexibility index (Phi) is 5.17. The number of carbonyl (C=O) groups is 1. The maximum Gasteiger partial charge on any atom is 0.409 e. The van der Waals surface area contributed by atoms with Crippen LogP contribution in [-0.2, 0) is 13.0 Å². The highest BCUT2D eigenvalue weighted by Gasteiger charge is 2.16. The molecule has 0 aliphatic carbocycles. The third-order valence-electron chi connectivity index (χ3n) is 5.67. The highest BCUT2D eigenvalue weighted by molar-refractivity contribution is 5.98. The normalized spacial score (nSPS) is 13.5. The summed E-state index contributed by atoms with van der Waals surface area (Å²) in [5.41, 5.74) is 11.5. The number of anilines is 2. The number of carbonyl (C=O) groups excluding carboxylic acids is 1. The number of rotatable bonds is 4. The highest BCUT2D eigenvalue weighted by atomic mass is 16.5. The molecule has 7 heteroatoms. The molecule has 1 amide bonds. The molecule has 7 nitrogen and oxygen atoms in total. The number of fused-ring (bicyclic) bond motifs is 2. The van der Waals surface area contributed by atoms with Gasteiger partial charge in [0.1, 0.15) is 5.75 Å². The zero-order valence-corrected chi connectivity index (χ0v) is 17.7. The first-order valence-electron chi connectivity index (χ1n) is 10.5. The predicted octanol–water partition coefficient (Wildman–Crippen LogP) is 4.49. The van der Waals surface area contributed by atoms with Crippen LogP contribution in [0.1, 0.15) is 11.1 Å². The van der Waals surface area contributed by atoms with Crippen molar-refractivity contribution in [3.05, 3.63) is 78.0 Å². The van der Waals surface area contributed by atoms with Crippen molar-refractivity contribution in [3.8, 4) is 16.9 Å². The van der Waals surface area contributed by atoms with Crippen LogP contribution < -0.4 is 15.8 Å². The minimum Gasteiger partial charge on any atom is -0.410 e. The van der Waals surface area contributed by atoms with E-state index < -0.39 is 6.09 Å². The van der Waals surface area contributed by atoms with Gasteiger partial charge >= 0.3 is 6.09 Å². The van der Waals surface area contributed by atoms with Gasteiger partial charge in [0.15, 0.2) is 0 Å². The molecule has 0 saturated heterocycles. The molecule has 4 aromatic rings. The molecular formula is C25H23N5O2. The number of nitrogens with one attached hydrogen (secondary N) is 1. The Hall–Kier alpha value is -3.97. The molecule has 32 heavy (non-hydrogen) atoms. The lowest BCUT2D eigenvalue weighted by Gasteiger charge is -2.25. The van der Waals surface area contributed by atoms with Crippen LogP contribution in [0.4, 0.5) is 16.4 Å². The molecule has 0 unspecified atom stereocenters. The first kappa shape index (κ1) is 20.0. The third kappa shape index (κ3) is 3.98. The van der Waals surface area contributed by atoms with E-state index >= 15 is 0 Å². The standard InChI is InChI=1S/C25H23N5O2/c1-30-12-11-16-7-8-19(13-18(16)15-30)28-25-27-14-21-22(32-24(26)31)10-9-20(23(21)29-25)17-5-3-2-4-6-17/h2-10,13-14H,11-12,15H2,1H3,(H2,26,31)(H,27,28,29). The number of primary amides is 1. The van der Waals surface area contributed by atoms with Gasteiger partial charge in [0.25, 0.3) is 0 Å². The zero-order chi connectivity index (χ0) is 22.1. The molecule has 5 rings (SSSR count). The molecule has 2 heterocycles. The summed E-state index contributed by atoms with van der Waals surface area (Å²) >= 11 is 0. The fourth-order valence-electron chi connectivity index (χ4n) is 4.11. The topological polar surface area (TPSA) is 93.4 Å². The second-order valence-corrected chi connectivity index (χ2v) is 7.95. The Bertz CT molecular complexity index is 1310. The summed E-state index contributed by atoms with van der Waals surface area (Å²) in [5.74, 6) is 0.797. The lowest BCUT2D eigenvalue weighted by molar-refractivity contribution is 0.211. The largest absolute Gasteiger partial charge is 0.410 e. The third-order valence-corrected chi connectivity index (χ3v) is 5.67. The molecule has 1 aromatic heterocycles. The number of nitrogens with two attached hydrogens (primary N) is 1. The Balaban J connectivity index is 1.56. The number of nitrogens with zero attached hydrogens (tertiary/aromatic N) is 3. The summed E-state index contributed by atoms with van der Waals surface area (Å²) in [6.45, 7) is 2.00. The number of hydrogen-bond acceptors (Lipinski definition) is 6. The van der Waals surface area contributed by atoms with E-state index in [1.165, 1.54) is 11.1 Å². The van der Waals surface area contributed by atoms with Gasteiger partial charge in [-0.05, 0) is 54.4 Å². The van der Waals surface area contributed by atoms with Gasteiger partial charge < -0.3 is 20.7 Å². The number of likely N-dealkylation sites (N-methyl/N-ethyl adjacent to an activating group) is 1. The van der Waals surface area contributed by atoms with Crippen LogP contribution in [0.25, 0.3) is 22.0 Å². The van der Waals surface area contributed by atoms with Gasteiger partial charge in [-0.3, -0.25) is 0 Å². The van der Waals surface area contributed by atoms with Crippen molar-refractivity contribution in [2.24, 2.45) is 5.73 Å². The average molecular weight is 425 g/mol. The van der Waals surface area contributed by atoms with Crippen molar-refractivity contribution in [1.29, 1.82) is 0 Å². The van der Waals surface area contributed by atoms with E-state index in [0.717, 1.165) is 36.3 Å². The van der Waals surface area contributed by atoms with Crippen molar-refractivity contribution in [2.45, 2.75) is 13.0 Å². The quantitative estimate of drug-likeness (QED) is 0.501. The molecule has 3 N–H and O–H groups in total. The molecule has 160 valence electrons. The summed E-state index contributed by atoms with van der Waals surface area (Å²) in [7, 11) is 2.13. The molecule has 0 saturated carbocycles. The second kappa shape index (κ2) is 8.28. The summed E-state index contributed by atoms with van der Waals surface area (Å²) in [4.78, 5) is 22.9. The Labute approximate surface area is 185 Å². The number of ether oxygens (including phenoxy) is 1. The highest BCUT2D eigenvalue weighted by Crippen LogP contribution is 2.34. The molecule has 0 spiro atoms. The first-order chi connectivity index (χ1) is 15.6. The fourth-order valence-corrected chi connectivity index (χ4v) is 4.11. The molecule has 1 aliphatic heterocycles. The van der Waals surface area contributed by atoms with Gasteiger partial charge in [0.2, 0.25) is 5.95 Å². The van der Waals surface area contributed by atoms with Crippen LogP contribution in [0.5, 0.6) is 5.75 Å². The van der Waals surface area contributed by atoms with Gasteiger partial charge in [-0.2, -0.15) is 0 Å². The second-order valence-electron chi connectivity index (χ2n) is 7.95. The Morgan fingerprint density at radius 1 is 1.09 bits per heavy atom. The van der Waals surface area contributed by atoms with Crippen molar-refractivity contribution in [3.63, 3.8) is 0 Å². The van der Waals surface area contributed by atoms with Crippen LogP contribution in [0, 0.1) is 0 Å². The summed E-state index contributed by atoms with van der Waals surface area (Å²) < 4.78 is 5.18. The summed E-state index contributed by atoms with van der Waals surface area (Å²) in [5, 5.41) is 3.94. The van der Waals surface area contributed by atoms with E-state index in [2.05, 4.69) is 40.4 Å². The maximum atomic E-state index is 11.4. The minimum atomic E-state index is -0.875. The van der Waals surface area contributed by atoms with Crippen molar-refractivity contribution >= 4 is 28.6 Å². The molecule has 0 bridgehead atoms. The SMILES string of the molecule is CN1CCc2ccc(Nc3ncc4c(OC(N)=O)ccc(-c5ccccc5)c4n3)cc2C1. The molecule has 0 atom stereocenters. The van der Waals surface area contributed by atoms with E-state index in [1.807, 2.05) is 36.4 Å². The summed E-state index contributed by atoms with van der Waals surface area (Å²) in [6, 6.07) is 19.9. The zero-order valence-electron chi connectivity index (χ0n) is 17.7. The van der Waals surface area contributed by atoms with Crippen LogP contribution in [0.3, 0.4) is 0 Å². The maximum absolute atomic E-state index is 11.4. The van der Waals surface area contributed by atoms with Crippen molar-refractivity contribution < 1.29 is 9.53 Å². The number of amides is 1. The molecule has 1 aliphatic rings. The van der Waals surface area contributed by atoms with Gasteiger partial charge in [0.05, 0.1) is 10.9 Å². The van der Waals surface area contributed by atoms with Gasteiger partial charge in [-0.1, -0.05) is 36.4 Å². The van der Waals surface area contributed by atoms with Crippen LogP contribution >= 0.6 is 0 Å². The Morgan fingerprint density at radius 3 is 2.75 bits per heavy atom. The molecule has 0 radical (unpaired) electrons. The molecular weight excluding hydrogens is 402 g/mol. The molecule has 3 aromatic carbocycles. The van der Waals surface area contributed by atoms with Crippen LogP contribution in [-0.4, -0.2) is 34.6 Å². The van der Waals surface area contributed by atoms with Gasteiger partial charge in [-0.15, -0.1) is 0 Å². The monoisotopic (exact) mass is 425 g/mol. The van der Waals surface area contributed by atoms with E-state index in [-0.39, 0.29) is 0 Å². The van der Waals surface area contributed by atoms with E-state index in [0.29, 0.717) is 22.6 Å². The fraction of sp³-hybridized carbons (Fsp3) is 0.160. The lowest BCUT2D eigenvalue weighted by atomic mass is 9.99. The number of aromatic nitrogens is 2. The predicted molar refractivity (Wildman–Crippen MR) is 125 cm³/mol. The van der Waals surface area contributed by atoms with Crippen LogP contribution in [0.15, 0.2) is 66.9 Å². The van der Waals surface area contributed by atoms with Gasteiger partial charge in [0, 0.05) is 30.5 Å². The van der Waals surface area contributed by atoms with Gasteiger partial charge in [-0.25, -0.2) is 14.8 Å². The number of hydrogen-bond donors (Lipinski definition) is 2. The smallest absolute Gasteiger partial charge is 0.409 e. The van der Waals surface area contributed by atoms with E-state index in [4.69, 9.17) is 15.5 Å². The van der Waals surface area contributed by atoms with E-state index in [9.17, 15) is 4.79 Å². The van der Waals surface area contributed by atoms with Crippen LogP contribution in [0.2, 0.25) is 0 Å². The molecule has 0 fully saturated rings. The van der Waals surface area contributed by atoms with Crippen molar-refractivity contribution in [2.75, 3.05) is 18.9 Å². The van der Waals surface area contributed by atoms with E-state index in [1.54, 1.807) is 12.3 Å². The number of benzene rings is 3. The Morgan fingerprint density at radius 2 is 1.94 bits per heavy atom. The minimum absolute atomic E-state index is 0.329.